The van der Waals surface area contributed by atoms with E-state index in [1.165, 1.54) is 140 Å². The number of anilines is 2. The van der Waals surface area contributed by atoms with Crippen molar-refractivity contribution in [2.45, 2.75) is 156 Å². The van der Waals surface area contributed by atoms with Crippen LogP contribution < -0.4 is 10.6 Å². The van der Waals surface area contributed by atoms with Crippen molar-refractivity contribution in [1.29, 1.82) is 0 Å². The van der Waals surface area contributed by atoms with Gasteiger partial charge in [0, 0.05) is 11.4 Å². The predicted octanol–water partition coefficient (Wildman–Crippen LogP) is 11.7. The van der Waals surface area contributed by atoms with Gasteiger partial charge in [0.15, 0.2) is 0 Å². The van der Waals surface area contributed by atoms with Gasteiger partial charge in [-0.15, -0.1) is 0 Å². The van der Waals surface area contributed by atoms with E-state index >= 15 is 0 Å². The first-order valence-electron chi connectivity index (χ1n) is 16.9. The van der Waals surface area contributed by atoms with Crippen molar-refractivity contribution in [3.05, 3.63) is 58.7 Å². The van der Waals surface area contributed by atoms with E-state index in [0.717, 1.165) is 6.67 Å². The van der Waals surface area contributed by atoms with Crippen LogP contribution in [0.2, 0.25) is 0 Å². The van der Waals surface area contributed by atoms with Gasteiger partial charge in [0.05, 0.1) is 6.67 Å². The molecule has 2 nitrogen and oxygen atoms in total. The summed E-state index contributed by atoms with van der Waals surface area (Å²) >= 11 is 0. The maximum atomic E-state index is 3.82. The van der Waals surface area contributed by atoms with Gasteiger partial charge in [-0.2, -0.15) is 0 Å². The highest BCUT2D eigenvalue weighted by Gasteiger charge is 2.11. The van der Waals surface area contributed by atoms with Crippen LogP contribution in [0.1, 0.15) is 153 Å². The number of unbranched alkanes of at least 4 members (excludes halogenated alkanes) is 12. The van der Waals surface area contributed by atoms with Gasteiger partial charge in [0.25, 0.3) is 0 Å². The SMILES string of the molecule is CCCCCCc1cccc(NCNc2cccc(CCCCCC)c2CCCCCC)c1CCCCCC. The van der Waals surface area contributed by atoms with Gasteiger partial charge in [-0.25, -0.2) is 0 Å². The van der Waals surface area contributed by atoms with E-state index in [0.29, 0.717) is 0 Å². The fraction of sp³-hybridized carbons (Fsp3) is 0.676. The fourth-order valence-electron chi connectivity index (χ4n) is 5.84. The Balaban J connectivity index is 2.11. The predicted molar refractivity (Wildman–Crippen MR) is 176 cm³/mol. The number of hydrogen-bond acceptors (Lipinski definition) is 2. The van der Waals surface area contributed by atoms with Gasteiger partial charge in [0.2, 0.25) is 0 Å². The van der Waals surface area contributed by atoms with Crippen LogP contribution in [0.25, 0.3) is 0 Å². The molecule has 2 aromatic carbocycles. The lowest BCUT2D eigenvalue weighted by Gasteiger charge is -2.20. The molecule has 0 fully saturated rings. The van der Waals surface area contributed by atoms with E-state index in [9.17, 15) is 0 Å². The van der Waals surface area contributed by atoms with Crippen LogP contribution in [0.15, 0.2) is 36.4 Å². The third kappa shape index (κ3) is 13.3. The van der Waals surface area contributed by atoms with Gasteiger partial charge in [-0.3, -0.25) is 0 Å². The monoisotopic (exact) mass is 534 g/mol. The highest BCUT2D eigenvalue weighted by Crippen LogP contribution is 2.27. The summed E-state index contributed by atoms with van der Waals surface area (Å²) in [6, 6.07) is 13.9. The van der Waals surface area contributed by atoms with Gasteiger partial charge in [0.1, 0.15) is 0 Å². The van der Waals surface area contributed by atoms with Crippen molar-refractivity contribution in [1.82, 2.24) is 0 Å². The van der Waals surface area contributed by atoms with Gasteiger partial charge < -0.3 is 10.6 Å². The number of hydrogen-bond donors (Lipinski definition) is 2. The van der Waals surface area contributed by atoms with E-state index in [1.54, 1.807) is 22.3 Å². The van der Waals surface area contributed by atoms with E-state index in [-0.39, 0.29) is 0 Å². The Hall–Kier alpha value is -1.96. The molecule has 39 heavy (non-hydrogen) atoms. The Morgan fingerprint density at radius 1 is 0.410 bits per heavy atom. The van der Waals surface area contributed by atoms with Crippen LogP contribution in [0, 0.1) is 0 Å². The van der Waals surface area contributed by atoms with Crippen molar-refractivity contribution in [2.75, 3.05) is 17.3 Å². The number of rotatable bonds is 24. The summed E-state index contributed by atoms with van der Waals surface area (Å²) < 4.78 is 0. The quantitative estimate of drug-likeness (QED) is 0.103. The topological polar surface area (TPSA) is 24.1 Å². The van der Waals surface area contributed by atoms with Crippen LogP contribution in [-0.4, -0.2) is 6.67 Å². The molecule has 0 unspecified atom stereocenters. The zero-order valence-electron chi connectivity index (χ0n) is 26.3. The van der Waals surface area contributed by atoms with Crippen molar-refractivity contribution in [2.24, 2.45) is 0 Å². The molecule has 220 valence electrons. The minimum absolute atomic E-state index is 0.780. The molecule has 0 heterocycles. The van der Waals surface area contributed by atoms with Gasteiger partial charge >= 0.3 is 0 Å². The largest absolute Gasteiger partial charge is 0.368 e. The molecule has 0 radical (unpaired) electrons. The standard InChI is InChI=1S/C37H62N2/c1-5-9-13-17-23-32-25-21-29-36(34(32)27-19-15-11-7-3)38-31-39-37-30-22-26-33(24-18-14-10-6-2)35(37)28-20-16-12-8-4/h21-22,25-26,29-30,38-39H,5-20,23-24,27-28,31H2,1-4H3. The summed E-state index contributed by atoms with van der Waals surface area (Å²) in [6.45, 7) is 9.99. The molecule has 0 amide bonds. The van der Waals surface area contributed by atoms with E-state index < -0.39 is 0 Å². The van der Waals surface area contributed by atoms with Crippen LogP contribution in [0.5, 0.6) is 0 Å². The summed E-state index contributed by atoms with van der Waals surface area (Å²) in [7, 11) is 0. The van der Waals surface area contributed by atoms with Gasteiger partial charge in [-0.1, -0.05) is 129 Å². The Morgan fingerprint density at radius 3 is 1.13 bits per heavy atom. The molecule has 2 aromatic rings. The lowest BCUT2D eigenvalue weighted by Crippen LogP contribution is -2.15. The maximum absolute atomic E-state index is 3.82. The Morgan fingerprint density at radius 2 is 0.769 bits per heavy atom. The second-order valence-electron chi connectivity index (χ2n) is 11.7. The summed E-state index contributed by atoms with van der Waals surface area (Å²) in [5.41, 5.74) is 8.95. The van der Waals surface area contributed by atoms with Crippen molar-refractivity contribution in [3.63, 3.8) is 0 Å². The second-order valence-corrected chi connectivity index (χ2v) is 11.7. The van der Waals surface area contributed by atoms with E-state index in [2.05, 4.69) is 74.7 Å². The molecule has 0 spiro atoms. The van der Waals surface area contributed by atoms with E-state index in [4.69, 9.17) is 0 Å². The number of benzene rings is 2. The number of aryl methyl sites for hydroxylation is 2. The summed E-state index contributed by atoms with van der Waals surface area (Å²) in [6.07, 6.45) is 26.0. The van der Waals surface area contributed by atoms with Crippen molar-refractivity contribution < 1.29 is 0 Å². The zero-order valence-corrected chi connectivity index (χ0v) is 26.3. The average molecular weight is 535 g/mol. The van der Waals surface area contributed by atoms with Crippen LogP contribution in [0.4, 0.5) is 11.4 Å². The molecule has 2 N–H and O–H groups in total. The summed E-state index contributed by atoms with van der Waals surface area (Å²) in [5, 5.41) is 7.63. The lowest BCUT2D eigenvalue weighted by atomic mass is 9.95. The summed E-state index contributed by atoms with van der Waals surface area (Å²) in [5.74, 6) is 0. The molecule has 0 saturated heterocycles. The third-order valence-corrected chi connectivity index (χ3v) is 8.26. The van der Waals surface area contributed by atoms with Gasteiger partial charge in [-0.05, 0) is 85.8 Å². The average Bonchev–Trinajstić information content (AvgIpc) is 2.95. The molecule has 2 heteroatoms. The highest BCUT2D eigenvalue weighted by atomic mass is 15.1. The first-order chi connectivity index (χ1) is 19.2. The Bertz CT molecular complexity index is 800. The molecule has 0 aromatic heterocycles. The number of nitrogens with one attached hydrogen (secondary N) is 2. The highest BCUT2D eigenvalue weighted by molar-refractivity contribution is 5.58. The smallest absolute Gasteiger partial charge is 0.0849 e. The van der Waals surface area contributed by atoms with Crippen molar-refractivity contribution in [3.8, 4) is 0 Å². The Labute approximate surface area is 243 Å². The molecule has 0 aliphatic rings. The first-order valence-corrected chi connectivity index (χ1v) is 16.9. The molecule has 0 bridgehead atoms. The first kappa shape index (κ1) is 33.2. The van der Waals surface area contributed by atoms with Crippen molar-refractivity contribution >= 4 is 11.4 Å². The molecule has 0 aliphatic carbocycles. The molecular weight excluding hydrogens is 472 g/mol. The minimum Gasteiger partial charge on any atom is -0.368 e. The molecule has 0 aliphatic heterocycles. The molecule has 0 saturated carbocycles. The normalized spacial score (nSPS) is 11.2. The molecular formula is C37H62N2. The molecule has 2 rings (SSSR count). The Kier molecular flexibility index (Phi) is 18.6. The lowest BCUT2D eigenvalue weighted by molar-refractivity contribution is 0.650. The molecule has 0 atom stereocenters. The zero-order chi connectivity index (χ0) is 28.0. The second kappa shape index (κ2) is 21.8. The van der Waals surface area contributed by atoms with Crippen LogP contribution in [0.3, 0.4) is 0 Å². The fourth-order valence-corrected chi connectivity index (χ4v) is 5.84. The van der Waals surface area contributed by atoms with Crippen LogP contribution >= 0.6 is 0 Å². The van der Waals surface area contributed by atoms with Crippen LogP contribution in [-0.2, 0) is 25.7 Å². The van der Waals surface area contributed by atoms with E-state index in [1.807, 2.05) is 0 Å². The minimum atomic E-state index is 0.780. The summed E-state index contributed by atoms with van der Waals surface area (Å²) in [4.78, 5) is 0. The third-order valence-electron chi connectivity index (χ3n) is 8.26. The maximum Gasteiger partial charge on any atom is 0.0849 e.